The van der Waals surface area contributed by atoms with Crippen molar-refractivity contribution in [3.63, 3.8) is 0 Å². The predicted molar refractivity (Wildman–Crippen MR) is 63.6 cm³/mol. The molecule has 0 aliphatic heterocycles. The van der Waals surface area contributed by atoms with Gasteiger partial charge < -0.3 is 10.1 Å². The Morgan fingerprint density at radius 3 is 2.85 bits per heavy atom. The molecule has 2 rings (SSSR count). The minimum Gasteiger partial charge on any atom is -0.468 e. The van der Waals surface area contributed by atoms with Gasteiger partial charge in [0.05, 0.1) is 6.20 Å². The highest BCUT2D eigenvalue weighted by Crippen LogP contribution is 2.25. The molecule has 110 valence electrons. The Bertz CT molecular complexity index is 587. The Morgan fingerprint density at radius 2 is 2.20 bits per heavy atom. The summed E-state index contributed by atoms with van der Waals surface area (Å²) in [6.45, 7) is 0.918. The number of hydrogen-bond donors (Lipinski definition) is 1. The molecule has 0 amide bonds. The van der Waals surface area contributed by atoms with E-state index in [9.17, 15) is 17.6 Å². The van der Waals surface area contributed by atoms with E-state index in [1.54, 1.807) is 12.4 Å². The van der Waals surface area contributed by atoms with Crippen LogP contribution < -0.4 is 10.1 Å². The van der Waals surface area contributed by atoms with E-state index in [1.807, 2.05) is 6.92 Å². The Kier molecular flexibility index (Phi) is 3.96. The number of imidazole rings is 1. The van der Waals surface area contributed by atoms with Gasteiger partial charge in [-0.25, -0.2) is 13.8 Å². The van der Waals surface area contributed by atoms with Crippen LogP contribution in [0.2, 0.25) is 0 Å². The Balaban J connectivity index is 2.26. The number of alkyl halides is 4. The predicted octanol–water partition coefficient (Wildman–Crippen LogP) is 2.44. The van der Waals surface area contributed by atoms with E-state index in [2.05, 4.69) is 15.3 Å². The summed E-state index contributed by atoms with van der Waals surface area (Å²) in [5.74, 6) is -4.10. The summed E-state index contributed by atoms with van der Waals surface area (Å²) < 4.78 is 56.1. The van der Waals surface area contributed by atoms with Crippen LogP contribution in [0.4, 0.5) is 23.4 Å². The van der Waals surface area contributed by atoms with Crippen molar-refractivity contribution in [2.24, 2.45) is 0 Å². The maximum absolute atomic E-state index is 12.9. The normalized spacial score (nSPS) is 12.1. The van der Waals surface area contributed by atoms with Crippen LogP contribution in [0.3, 0.4) is 0 Å². The van der Waals surface area contributed by atoms with Gasteiger partial charge in [0.1, 0.15) is 5.82 Å². The first-order valence-electron chi connectivity index (χ1n) is 5.80. The summed E-state index contributed by atoms with van der Waals surface area (Å²) in [5.41, 5.74) is 0.178. The van der Waals surface area contributed by atoms with Crippen LogP contribution in [0, 0.1) is 0 Å². The Morgan fingerprint density at radius 1 is 1.45 bits per heavy atom. The zero-order valence-corrected chi connectivity index (χ0v) is 10.5. The van der Waals surface area contributed by atoms with Gasteiger partial charge in [-0.05, 0) is 6.92 Å². The number of hydrogen-bond acceptors (Lipinski definition) is 4. The minimum absolute atomic E-state index is 0.178. The van der Waals surface area contributed by atoms with Crippen molar-refractivity contribution >= 4 is 11.5 Å². The molecule has 0 aliphatic carbocycles. The van der Waals surface area contributed by atoms with Gasteiger partial charge in [0.25, 0.3) is 5.88 Å². The molecule has 0 atom stereocenters. The fourth-order valence-electron chi connectivity index (χ4n) is 1.49. The number of rotatable bonds is 6. The van der Waals surface area contributed by atoms with Gasteiger partial charge in [0, 0.05) is 18.9 Å². The van der Waals surface area contributed by atoms with Gasteiger partial charge in [-0.2, -0.15) is 13.8 Å². The zero-order chi connectivity index (χ0) is 14.8. The Labute approximate surface area is 111 Å². The second kappa shape index (κ2) is 5.51. The summed E-state index contributed by atoms with van der Waals surface area (Å²) in [7, 11) is 0. The molecule has 0 bridgehead atoms. The van der Waals surface area contributed by atoms with Gasteiger partial charge in [-0.15, -0.1) is 0 Å². The second-order valence-electron chi connectivity index (χ2n) is 3.97. The number of fused-ring (bicyclic) bond motifs is 1. The fourth-order valence-corrected chi connectivity index (χ4v) is 1.49. The van der Waals surface area contributed by atoms with Crippen LogP contribution >= 0.6 is 0 Å². The van der Waals surface area contributed by atoms with Crippen molar-refractivity contribution in [1.82, 2.24) is 14.4 Å². The molecule has 0 radical (unpaired) electrons. The highest BCUT2D eigenvalue weighted by Gasteiger charge is 2.42. The third-order valence-electron chi connectivity index (χ3n) is 2.42. The van der Waals surface area contributed by atoms with E-state index >= 15 is 0 Å². The first-order valence-corrected chi connectivity index (χ1v) is 5.80. The number of aromatic nitrogens is 3. The molecule has 0 aliphatic rings. The highest BCUT2D eigenvalue weighted by atomic mass is 19.3. The largest absolute Gasteiger partial charge is 0.468 e. The lowest BCUT2D eigenvalue weighted by molar-refractivity contribution is -0.148. The molecule has 0 fully saturated rings. The van der Waals surface area contributed by atoms with Crippen molar-refractivity contribution in [2.75, 3.05) is 18.5 Å². The first kappa shape index (κ1) is 14.4. The van der Waals surface area contributed by atoms with E-state index in [0.717, 1.165) is 0 Å². The molecule has 0 saturated carbocycles. The van der Waals surface area contributed by atoms with Gasteiger partial charge in [-0.3, -0.25) is 4.40 Å². The van der Waals surface area contributed by atoms with E-state index < -0.39 is 19.0 Å². The summed E-state index contributed by atoms with van der Waals surface area (Å²) in [4.78, 5) is 7.81. The molecule has 5 nitrogen and oxygen atoms in total. The van der Waals surface area contributed by atoms with Crippen molar-refractivity contribution in [2.45, 2.75) is 19.3 Å². The second-order valence-corrected chi connectivity index (χ2v) is 3.97. The average Bonchev–Trinajstić information content (AvgIpc) is 2.84. The molecule has 9 heteroatoms. The maximum atomic E-state index is 12.9. The van der Waals surface area contributed by atoms with Crippen molar-refractivity contribution in [3.05, 3.63) is 18.6 Å². The fraction of sp³-hybridized carbons (Fsp3) is 0.455. The molecule has 2 aromatic rings. The standard InChI is InChI=1S/C11H12F4N4O/c1-2-16-7-5-19-4-3-17-8(19)9(18-7)20-6-11(14,15)10(12)13/h3-5,10,16H,2,6H2,1H3. The Hall–Kier alpha value is -2.06. The maximum Gasteiger partial charge on any atom is 0.340 e. The quantitative estimate of drug-likeness (QED) is 0.831. The SMILES string of the molecule is CCNc1cn2ccnc2c(OCC(F)(F)C(F)F)n1. The van der Waals surface area contributed by atoms with E-state index in [4.69, 9.17) is 4.74 Å². The molecule has 2 aromatic heterocycles. The summed E-state index contributed by atoms with van der Waals surface area (Å²) in [6.07, 6.45) is 0.778. The lowest BCUT2D eigenvalue weighted by Gasteiger charge is -2.16. The molecule has 0 saturated heterocycles. The number of halogens is 4. The molecule has 0 spiro atoms. The summed E-state index contributed by atoms with van der Waals surface area (Å²) in [6, 6.07) is 0. The van der Waals surface area contributed by atoms with Gasteiger partial charge in [-0.1, -0.05) is 0 Å². The number of nitrogens with one attached hydrogen (secondary N) is 1. The van der Waals surface area contributed by atoms with Crippen molar-refractivity contribution < 1.29 is 22.3 Å². The summed E-state index contributed by atoms with van der Waals surface area (Å²) >= 11 is 0. The zero-order valence-electron chi connectivity index (χ0n) is 10.5. The van der Waals surface area contributed by atoms with E-state index in [1.165, 1.54) is 10.6 Å². The monoisotopic (exact) mass is 292 g/mol. The third-order valence-corrected chi connectivity index (χ3v) is 2.42. The topological polar surface area (TPSA) is 51.5 Å². The lowest BCUT2D eigenvalue weighted by Crippen LogP contribution is -2.34. The lowest BCUT2D eigenvalue weighted by atomic mass is 10.4. The van der Waals surface area contributed by atoms with Gasteiger partial charge in [0.15, 0.2) is 6.61 Å². The minimum atomic E-state index is -4.24. The first-order chi connectivity index (χ1) is 9.44. The molecular weight excluding hydrogens is 280 g/mol. The third kappa shape index (κ3) is 2.91. The number of ether oxygens (including phenoxy) is 1. The summed E-state index contributed by atoms with van der Waals surface area (Å²) in [5, 5.41) is 2.87. The molecule has 20 heavy (non-hydrogen) atoms. The number of nitrogens with zero attached hydrogens (tertiary/aromatic N) is 3. The van der Waals surface area contributed by atoms with Crippen LogP contribution in [-0.4, -0.2) is 39.9 Å². The van der Waals surface area contributed by atoms with Gasteiger partial charge in [0.2, 0.25) is 5.65 Å². The molecule has 2 heterocycles. The molecular formula is C11H12F4N4O. The highest BCUT2D eigenvalue weighted by molar-refractivity contribution is 5.53. The van der Waals surface area contributed by atoms with E-state index in [0.29, 0.717) is 12.4 Å². The smallest absolute Gasteiger partial charge is 0.340 e. The van der Waals surface area contributed by atoms with Gasteiger partial charge >= 0.3 is 12.3 Å². The molecule has 0 aromatic carbocycles. The van der Waals surface area contributed by atoms with Crippen molar-refractivity contribution in [3.8, 4) is 5.88 Å². The number of anilines is 1. The molecule has 0 unspecified atom stereocenters. The molecule has 1 N–H and O–H groups in total. The van der Waals surface area contributed by atoms with Crippen LogP contribution in [-0.2, 0) is 0 Å². The van der Waals surface area contributed by atoms with Crippen LogP contribution in [0.5, 0.6) is 5.88 Å². The van der Waals surface area contributed by atoms with Crippen LogP contribution in [0.1, 0.15) is 6.92 Å². The van der Waals surface area contributed by atoms with Crippen LogP contribution in [0.25, 0.3) is 5.65 Å². The van der Waals surface area contributed by atoms with E-state index in [-0.39, 0.29) is 11.5 Å². The average molecular weight is 292 g/mol. The van der Waals surface area contributed by atoms with Crippen molar-refractivity contribution in [1.29, 1.82) is 0 Å². The van der Waals surface area contributed by atoms with Crippen LogP contribution in [0.15, 0.2) is 18.6 Å².